The number of aliphatic hydroxyl groups is 1. The van der Waals surface area contributed by atoms with Crippen LogP contribution in [0, 0.1) is 5.92 Å². The van der Waals surface area contributed by atoms with E-state index < -0.39 is 0 Å². The van der Waals surface area contributed by atoms with Gasteiger partial charge in [-0.2, -0.15) is 0 Å². The summed E-state index contributed by atoms with van der Waals surface area (Å²) in [5, 5.41) is 9.91. The molecule has 3 unspecified atom stereocenters. The third-order valence-electron chi connectivity index (χ3n) is 3.16. The molecule has 1 aromatic rings. The fraction of sp³-hybridized carbons (Fsp3) is 0.500. The van der Waals surface area contributed by atoms with Gasteiger partial charge in [-0.05, 0) is 24.3 Å². The first-order valence-corrected chi connectivity index (χ1v) is 5.02. The van der Waals surface area contributed by atoms with Crippen molar-refractivity contribution < 1.29 is 5.11 Å². The van der Waals surface area contributed by atoms with Gasteiger partial charge in [0.1, 0.15) is 0 Å². The van der Waals surface area contributed by atoms with Crippen LogP contribution < -0.4 is 0 Å². The summed E-state index contributed by atoms with van der Waals surface area (Å²) in [5.74, 6) is 0.835. The normalized spacial score (nSPS) is 33.5. The maximum absolute atomic E-state index is 9.91. The molecule has 1 nitrogen and oxygen atoms in total. The van der Waals surface area contributed by atoms with Gasteiger partial charge in [0.05, 0.1) is 6.10 Å². The summed E-state index contributed by atoms with van der Waals surface area (Å²) in [7, 11) is 0. The predicted molar refractivity (Wildman–Crippen MR) is 53.6 cm³/mol. The van der Waals surface area contributed by atoms with Crippen molar-refractivity contribution in [2.75, 3.05) is 0 Å². The summed E-state index contributed by atoms with van der Waals surface area (Å²) in [6.07, 6.45) is 2.15. The molecule has 0 aliphatic heterocycles. The molecule has 1 aliphatic rings. The Hall–Kier alpha value is -0.820. The smallest absolute Gasteiger partial charge is 0.0634 e. The molecule has 0 heterocycles. The Morgan fingerprint density at radius 1 is 1.15 bits per heavy atom. The molecule has 0 bridgehead atoms. The molecule has 2 rings (SSSR count). The third-order valence-corrected chi connectivity index (χ3v) is 3.16. The highest BCUT2D eigenvalue weighted by Gasteiger charge is 2.32. The van der Waals surface area contributed by atoms with Crippen LogP contribution in [0.15, 0.2) is 30.3 Å². The SMILES string of the molecule is CC1CCC(c2ccccc2)C1O. The molecule has 3 atom stereocenters. The average Bonchev–Trinajstić information content (AvgIpc) is 2.49. The standard InChI is InChI=1S/C12H16O/c1-9-7-8-11(12(9)13)10-5-3-2-4-6-10/h2-6,9,11-13H,7-8H2,1H3. The van der Waals surface area contributed by atoms with Crippen LogP contribution in [0.1, 0.15) is 31.2 Å². The van der Waals surface area contributed by atoms with E-state index in [9.17, 15) is 5.11 Å². The van der Waals surface area contributed by atoms with E-state index in [0.717, 1.165) is 12.8 Å². The average molecular weight is 176 g/mol. The van der Waals surface area contributed by atoms with Gasteiger partial charge in [0, 0.05) is 5.92 Å². The minimum absolute atomic E-state index is 0.137. The molecule has 0 amide bonds. The predicted octanol–water partition coefficient (Wildman–Crippen LogP) is 2.56. The fourth-order valence-corrected chi connectivity index (χ4v) is 2.24. The van der Waals surface area contributed by atoms with Crippen LogP contribution in [-0.4, -0.2) is 11.2 Å². The monoisotopic (exact) mass is 176 g/mol. The summed E-state index contributed by atoms with van der Waals surface area (Å²) in [5.41, 5.74) is 1.29. The summed E-state index contributed by atoms with van der Waals surface area (Å²) in [6.45, 7) is 2.13. The minimum Gasteiger partial charge on any atom is -0.392 e. The Morgan fingerprint density at radius 3 is 2.38 bits per heavy atom. The number of rotatable bonds is 1. The van der Waals surface area contributed by atoms with Gasteiger partial charge >= 0.3 is 0 Å². The largest absolute Gasteiger partial charge is 0.392 e. The van der Waals surface area contributed by atoms with Crippen molar-refractivity contribution in [3.8, 4) is 0 Å². The van der Waals surface area contributed by atoms with Crippen LogP contribution in [-0.2, 0) is 0 Å². The van der Waals surface area contributed by atoms with E-state index in [-0.39, 0.29) is 6.10 Å². The van der Waals surface area contributed by atoms with Crippen molar-refractivity contribution in [1.29, 1.82) is 0 Å². The topological polar surface area (TPSA) is 20.2 Å². The molecule has 1 heteroatoms. The highest BCUT2D eigenvalue weighted by Crippen LogP contribution is 2.37. The van der Waals surface area contributed by atoms with Crippen molar-refractivity contribution in [1.82, 2.24) is 0 Å². The minimum atomic E-state index is -0.137. The lowest BCUT2D eigenvalue weighted by atomic mass is 9.94. The highest BCUT2D eigenvalue weighted by molar-refractivity contribution is 5.22. The molecule has 13 heavy (non-hydrogen) atoms. The Morgan fingerprint density at radius 2 is 1.85 bits per heavy atom. The van der Waals surface area contributed by atoms with Crippen LogP contribution in [0.5, 0.6) is 0 Å². The lowest BCUT2D eigenvalue weighted by Gasteiger charge is -2.17. The van der Waals surface area contributed by atoms with Crippen LogP contribution >= 0.6 is 0 Å². The molecule has 0 spiro atoms. The Labute approximate surface area is 79.4 Å². The van der Waals surface area contributed by atoms with E-state index in [1.165, 1.54) is 5.56 Å². The zero-order valence-corrected chi connectivity index (χ0v) is 7.98. The molecule has 1 saturated carbocycles. The maximum atomic E-state index is 9.91. The molecule has 0 aromatic heterocycles. The molecule has 70 valence electrons. The molecule has 1 fully saturated rings. The zero-order chi connectivity index (χ0) is 9.26. The van der Waals surface area contributed by atoms with Gasteiger partial charge in [-0.1, -0.05) is 37.3 Å². The molecule has 1 N–H and O–H groups in total. The van der Waals surface area contributed by atoms with Gasteiger partial charge in [0.25, 0.3) is 0 Å². The van der Waals surface area contributed by atoms with Gasteiger partial charge in [0.2, 0.25) is 0 Å². The molecule has 0 radical (unpaired) electrons. The highest BCUT2D eigenvalue weighted by atomic mass is 16.3. The van der Waals surface area contributed by atoms with Crippen molar-refractivity contribution in [3.05, 3.63) is 35.9 Å². The molecule has 1 aliphatic carbocycles. The van der Waals surface area contributed by atoms with Gasteiger partial charge in [-0.25, -0.2) is 0 Å². The van der Waals surface area contributed by atoms with Crippen molar-refractivity contribution in [2.24, 2.45) is 5.92 Å². The van der Waals surface area contributed by atoms with Gasteiger partial charge in [-0.3, -0.25) is 0 Å². The van der Waals surface area contributed by atoms with Gasteiger partial charge < -0.3 is 5.11 Å². The Balaban J connectivity index is 2.19. The van der Waals surface area contributed by atoms with Crippen LogP contribution in [0.4, 0.5) is 0 Å². The first-order chi connectivity index (χ1) is 6.29. The number of benzene rings is 1. The van der Waals surface area contributed by atoms with Crippen LogP contribution in [0.2, 0.25) is 0 Å². The van der Waals surface area contributed by atoms with E-state index in [1.54, 1.807) is 0 Å². The Kier molecular flexibility index (Phi) is 2.36. The van der Waals surface area contributed by atoms with E-state index in [2.05, 4.69) is 19.1 Å². The first-order valence-electron chi connectivity index (χ1n) is 5.02. The van der Waals surface area contributed by atoms with Crippen molar-refractivity contribution in [3.63, 3.8) is 0 Å². The van der Waals surface area contributed by atoms with Crippen molar-refractivity contribution >= 4 is 0 Å². The molecular weight excluding hydrogens is 160 g/mol. The van der Waals surface area contributed by atoms with E-state index in [4.69, 9.17) is 0 Å². The quantitative estimate of drug-likeness (QED) is 0.697. The molecular formula is C12H16O. The number of hydrogen-bond acceptors (Lipinski definition) is 1. The zero-order valence-electron chi connectivity index (χ0n) is 7.98. The van der Waals surface area contributed by atoms with E-state index >= 15 is 0 Å². The van der Waals surface area contributed by atoms with Crippen LogP contribution in [0.3, 0.4) is 0 Å². The lowest BCUT2D eigenvalue weighted by molar-refractivity contribution is 0.125. The second kappa shape index (κ2) is 3.51. The van der Waals surface area contributed by atoms with E-state index in [1.807, 2.05) is 18.2 Å². The summed E-state index contributed by atoms with van der Waals surface area (Å²) < 4.78 is 0. The maximum Gasteiger partial charge on any atom is 0.0634 e. The van der Waals surface area contributed by atoms with Gasteiger partial charge in [0.15, 0.2) is 0 Å². The van der Waals surface area contributed by atoms with E-state index in [0.29, 0.717) is 11.8 Å². The fourth-order valence-electron chi connectivity index (χ4n) is 2.24. The summed E-state index contributed by atoms with van der Waals surface area (Å²) in [4.78, 5) is 0. The summed E-state index contributed by atoms with van der Waals surface area (Å²) in [6, 6.07) is 10.3. The lowest BCUT2D eigenvalue weighted by Crippen LogP contribution is -2.17. The van der Waals surface area contributed by atoms with Crippen molar-refractivity contribution in [2.45, 2.75) is 31.8 Å². The number of hydrogen-bond donors (Lipinski definition) is 1. The Bertz CT molecular complexity index is 268. The molecule has 1 aromatic carbocycles. The first kappa shape index (κ1) is 8.76. The second-order valence-corrected chi connectivity index (χ2v) is 4.06. The summed E-state index contributed by atoms with van der Waals surface area (Å²) >= 11 is 0. The third kappa shape index (κ3) is 1.61. The number of aliphatic hydroxyl groups excluding tert-OH is 1. The van der Waals surface area contributed by atoms with Crippen LogP contribution in [0.25, 0.3) is 0 Å². The van der Waals surface area contributed by atoms with Gasteiger partial charge in [-0.15, -0.1) is 0 Å². The molecule has 0 saturated heterocycles. The second-order valence-electron chi connectivity index (χ2n) is 4.06.